The first-order valence-corrected chi connectivity index (χ1v) is 8.92. The Kier molecular flexibility index (Phi) is 12.0. The minimum Gasteiger partial charge on any atom is -0.233 e. The Hall–Kier alpha value is -0.980. The molecule has 1 nitrogen and oxygen atoms in total. The molecule has 0 saturated carbocycles. The monoisotopic (exact) mass is 303 g/mol. The van der Waals surface area contributed by atoms with Crippen LogP contribution in [0.5, 0.6) is 0 Å². The first kappa shape index (κ1) is 18.1. The molecule has 0 aromatic heterocycles. The molecule has 2 heteroatoms. The van der Waals surface area contributed by atoms with Gasteiger partial charge in [0.15, 0.2) is 0 Å². The summed E-state index contributed by atoms with van der Waals surface area (Å²) < 4.78 is 0. The van der Waals surface area contributed by atoms with Crippen LogP contribution in [-0.4, -0.2) is 11.7 Å². The average molecular weight is 304 g/mol. The summed E-state index contributed by atoms with van der Waals surface area (Å²) in [4.78, 5) is 3.93. The Morgan fingerprint density at radius 3 is 1.81 bits per heavy atom. The molecule has 21 heavy (non-hydrogen) atoms. The maximum Gasteiger partial charge on any atom is 0.0584 e. The van der Waals surface area contributed by atoms with Crippen molar-refractivity contribution in [3.05, 3.63) is 35.9 Å². The van der Waals surface area contributed by atoms with Crippen molar-refractivity contribution in [3.63, 3.8) is 0 Å². The summed E-state index contributed by atoms with van der Waals surface area (Å²) in [5, 5.41) is 2.42. The van der Waals surface area contributed by atoms with E-state index < -0.39 is 0 Å². The minimum absolute atomic E-state index is 0.866. The van der Waals surface area contributed by atoms with E-state index in [0.717, 1.165) is 6.54 Å². The lowest BCUT2D eigenvalue weighted by Gasteiger charge is -2.03. The zero-order valence-corrected chi connectivity index (χ0v) is 14.0. The van der Waals surface area contributed by atoms with Crippen molar-refractivity contribution in [1.29, 1.82) is 0 Å². The third kappa shape index (κ3) is 11.4. The van der Waals surface area contributed by atoms with Gasteiger partial charge in [0.05, 0.1) is 5.16 Å². The van der Waals surface area contributed by atoms with Crippen molar-refractivity contribution in [2.24, 2.45) is 4.99 Å². The maximum absolute atomic E-state index is 4.54. The van der Waals surface area contributed by atoms with Crippen LogP contribution in [0.25, 0.3) is 0 Å². The summed E-state index contributed by atoms with van der Waals surface area (Å²) >= 11 is 4.54. The Balaban J connectivity index is 1.77. The van der Waals surface area contributed by atoms with Gasteiger partial charge in [0, 0.05) is 6.54 Å². The number of hydrogen-bond acceptors (Lipinski definition) is 2. The molecule has 0 unspecified atom stereocenters. The first-order valence-electron chi connectivity index (χ1n) is 8.51. The minimum atomic E-state index is 0.866. The van der Waals surface area contributed by atoms with Gasteiger partial charge < -0.3 is 0 Å². The fourth-order valence-electron chi connectivity index (χ4n) is 2.62. The van der Waals surface area contributed by atoms with Crippen LogP contribution in [-0.2, 0) is 6.42 Å². The molecular weight excluding hydrogens is 274 g/mol. The van der Waals surface area contributed by atoms with E-state index in [9.17, 15) is 0 Å². The Morgan fingerprint density at radius 2 is 1.24 bits per heavy atom. The molecule has 0 spiro atoms. The molecule has 0 amide bonds. The van der Waals surface area contributed by atoms with Crippen molar-refractivity contribution in [1.82, 2.24) is 0 Å². The van der Waals surface area contributed by atoms with Crippen molar-refractivity contribution in [2.45, 2.75) is 70.6 Å². The van der Waals surface area contributed by atoms with Crippen molar-refractivity contribution in [2.75, 3.05) is 6.54 Å². The van der Waals surface area contributed by atoms with Crippen LogP contribution in [0.15, 0.2) is 35.3 Å². The van der Waals surface area contributed by atoms with E-state index in [-0.39, 0.29) is 0 Å². The fourth-order valence-corrected chi connectivity index (χ4v) is 2.72. The van der Waals surface area contributed by atoms with Crippen LogP contribution in [0.4, 0.5) is 0 Å². The van der Waals surface area contributed by atoms with E-state index in [0.29, 0.717) is 0 Å². The summed E-state index contributed by atoms with van der Waals surface area (Å²) in [7, 11) is 0. The van der Waals surface area contributed by atoms with Crippen molar-refractivity contribution >= 4 is 17.4 Å². The second kappa shape index (κ2) is 14.0. The van der Waals surface area contributed by atoms with Crippen molar-refractivity contribution in [3.8, 4) is 0 Å². The molecular formula is C19H29NS. The molecule has 0 atom stereocenters. The molecule has 0 radical (unpaired) electrons. The Labute approximate surface area is 135 Å². The summed E-state index contributed by atoms with van der Waals surface area (Å²) in [6.07, 6.45) is 14.8. The van der Waals surface area contributed by atoms with Gasteiger partial charge in [0.1, 0.15) is 0 Å². The predicted octanol–water partition coefficient (Wildman–Crippen LogP) is 6.23. The molecule has 1 aromatic carbocycles. The van der Waals surface area contributed by atoms with Gasteiger partial charge in [-0.2, -0.15) is 0 Å². The Bertz CT molecular complexity index is 382. The third-order valence-corrected chi connectivity index (χ3v) is 4.02. The number of nitrogens with zero attached hydrogens (tertiary/aromatic N) is 1. The van der Waals surface area contributed by atoms with Gasteiger partial charge in [-0.05, 0) is 37.0 Å². The standard InChI is InChI=1S/C19H29NS/c21-18-20-17-13-8-6-4-2-1-3-5-7-10-14-19-15-11-9-12-16-19/h9,11-12,15-16H,1-8,10,13-14,17H2. The lowest BCUT2D eigenvalue weighted by Crippen LogP contribution is -1.86. The molecule has 0 saturated heterocycles. The zero-order valence-electron chi connectivity index (χ0n) is 13.2. The number of unbranched alkanes of at least 4 members (excludes halogenated alkanes) is 9. The number of thiocarbonyl (C=S) groups is 1. The highest BCUT2D eigenvalue weighted by Gasteiger charge is 1.94. The number of hydrogen-bond donors (Lipinski definition) is 0. The van der Waals surface area contributed by atoms with E-state index in [2.05, 4.69) is 52.7 Å². The summed E-state index contributed by atoms with van der Waals surface area (Å²) in [5.74, 6) is 0. The average Bonchev–Trinajstić information content (AvgIpc) is 2.53. The number of aryl methyl sites for hydroxylation is 1. The third-order valence-electron chi connectivity index (χ3n) is 3.89. The normalized spacial score (nSPS) is 10.3. The predicted molar refractivity (Wildman–Crippen MR) is 96.2 cm³/mol. The molecule has 1 rings (SSSR count). The van der Waals surface area contributed by atoms with Gasteiger partial charge in [-0.1, -0.05) is 81.7 Å². The quantitative estimate of drug-likeness (QED) is 0.239. The van der Waals surface area contributed by atoms with Crippen LogP contribution in [0.1, 0.15) is 69.8 Å². The van der Waals surface area contributed by atoms with E-state index >= 15 is 0 Å². The molecule has 0 aliphatic heterocycles. The van der Waals surface area contributed by atoms with Gasteiger partial charge in [0.2, 0.25) is 0 Å². The van der Waals surface area contributed by atoms with Crippen molar-refractivity contribution < 1.29 is 0 Å². The number of rotatable bonds is 13. The second-order valence-corrected chi connectivity index (χ2v) is 5.93. The lowest BCUT2D eigenvalue weighted by atomic mass is 10.0. The smallest absolute Gasteiger partial charge is 0.0584 e. The molecule has 0 aliphatic rings. The highest BCUT2D eigenvalue weighted by molar-refractivity contribution is 7.78. The zero-order chi connectivity index (χ0) is 15.0. The summed E-state index contributed by atoms with van der Waals surface area (Å²) in [6, 6.07) is 10.8. The van der Waals surface area contributed by atoms with Crippen LogP contribution in [0.3, 0.4) is 0 Å². The molecule has 116 valence electrons. The van der Waals surface area contributed by atoms with Gasteiger partial charge in [-0.3, -0.25) is 0 Å². The maximum atomic E-state index is 4.54. The van der Waals surface area contributed by atoms with Gasteiger partial charge >= 0.3 is 0 Å². The molecule has 0 fully saturated rings. The van der Waals surface area contributed by atoms with Gasteiger partial charge in [0.25, 0.3) is 0 Å². The summed E-state index contributed by atoms with van der Waals surface area (Å²) in [6.45, 7) is 0.866. The molecule has 0 heterocycles. The van der Waals surface area contributed by atoms with Gasteiger partial charge in [-0.25, -0.2) is 4.99 Å². The van der Waals surface area contributed by atoms with Crippen LogP contribution in [0, 0.1) is 0 Å². The number of aliphatic imine (C=N–C) groups is 1. The second-order valence-electron chi connectivity index (χ2n) is 5.74. The highest BCUT2D eigenvalue weighted by Crippen LogP contribution is 2.12. The molecule has 0 bridgehead atoms. The number of benzene rings is 1. The fraction of sp³-hybridized carbons (Fsp3) is 0.632. The van der Waals surface area contributed by atoms with E-state index in [1.165, 1.54) is 76.2 Å². The van der Waals surface area contributed by atoms with Crippen LogP contribution >= 0.6 is 12.2 Å². The lowest BCUT2D eigenvalue weighted by molar-refractivity contribution is 0.553. The molecule has 0 aliphatic carbocycles. The highest BCUT2D eigenvalue weighted by atomic mass is 32.1. The summed E-state index contributed by atoms with van der Waals surface area (Å²) in [5.41, 5.74) is 1.48. The van der Waals surface area contributed by atoms with Crippen LogP contribution < -0.4 is 0 Å². The molecule has 1 aromatic rings. The SMILES string of the molecule is S=C=NCCCCCCCCCCCCc1ccccc1. The van der Waals surface area contributed by atoms with Gasteiger partial charge in [-0.15, -0.1) is 0 Å². The van der Waals surface area contributed by atoms with E-state index in [1.807, 2.05) is 0 Å². The Morgan fingerprint density at radius 1 is 0.714 bits per heavy atom. The van der Waals surface area contributed by atoms with E-state index in [4.69, 9.17) is 0 Å². The molecule has 0 N–H and O–H groups in total. The van der Waals surface area contributed by atoms with Crippen LogP contribution in [0.2, 0.25) is 0 Å². The number of isothiocyanates is 1. The largest absolute Gasteiger partial charge is 0.233 e. The topological polar surface area (TPSA) is 12.4 Å². The van der Waals surface area contributed by atoms with E-state index in [1.54, 1.807) is 0 Å². The first-order chi connectivity index (χ1) is 10.4.